The molecule has 0 aromatic rings. The van der Waals surface area contributed by atoms with E-state index >= 15 is 0 Å². The fourth-order valence-electron chi connectivity index (χ4n) is 2.69. The molecule has 2 rings (SSSR count). The van der Waals surface area contributed by atoms with Gasteiger partial charge in [-0.3, -0.25) is 4.79 Å². The fourth-order valence-corrected chi connectivity index (χ4v) is 2.69. The number of terminal acetylenes is 1. The first-order valence-corrected chi connectivity index (χ1v) is 5.01. The van der Waals surface area contributed by atoms with Gasteiger partial charge in [0.15, 0.2) is 0 Å². The van der Waals surface area contributed by atoms with Crippen LogP contribution >= 0.6 is 0 Å². The van der Waals surface area contributed by atoms with Gasteiger partial charge < -0.3 is 9.84 Å². The average molecular weight is 194 g/mol. The van der Waals surface area contributed by atoms with E-state index in [1.54, 1.807) is 0 Å². The molecule has 76 valence electrons. The van der Waals surface area contributed by atoms with Gasteiger partial charge in [-0.25, -0.2) is 0 Å². The lowest BCUT2D eigenvalue weighted by atomic mass is 9.71. The van der Waals surface area contributed by atoms with Crippen molar-refractivity contribution in [1.82, 2.24) is 0 Å². The quantitative estimate of drug-likeness (QED) is 0.691. The molecule has 3 nitrogen and oxygen atoms in total. The summed E-state index contributed by atoms with van der Waals surface area (Å²) < 4.78 is 5.60. The van der Waals surface area contributed by atoms with E-state index in [-0.39, 0.29) is 12.2 Å². The maximum absolute atomic E-state index is 11.3. The zero-order valence-corrected chi connectivity index (χ0v) is 8.03. The summed E-state index contributed by atoms with van der Waals surface area (Å²) in [5.41, 5.74) is -0.685. The van der Waals surface area contributed by atoms with Gasteiger partial charge >= 0.3 is 5.97 Å². The number of hydrogen-bond acceptors (Lipinski definition) is 2. The van der Waals surface area contributed by atoms with Crippen molar-refractivity contribution in [3.8, 4) is 12.3 Å². The van der Waals surface area contributed by atoms with Crippen LogP contribution in [0.2, 0.25) is 0 Å². The molecule has 14 heavy (non-hydrogen) atoms. The maximum atomic E-state index is 11.3. The van der Waals surface area contributed by atoms with E-state index in [1.165, 1.54) is 0 Å². The van der Waals surface area contributed by atoms with Crippen LogP contribution in [0, 0.1) is 17.8 Å². The Balaban J connectivity index is 2.16. The van der Waals surface area contributed by atoms with Crippen LogP contribution in [0.4, 0.5) is 0 Å². The summed E-state index contributed by atoms with van der Waals surface area (Å²) >= 11 is 0. The molecule has 0 aromatic carbocycles. The highest BCUT2D eigenvalue weighted by Crippen LogP contribution is 2.50. The van der Waals surface area contributed by atoms with Gasteiger partial charge in [0.05, 0.1) is 17.6 Å². The van der Waals surface area contributed by atoms with Crippen molar-refractivity contribution in [3.05, 3.63) is 0 Å². The van der Waals surface area contributed by atoms with Crippen LogP contribution in [-0.4, -0.2) is 23.3 Å². The number of aliphatic carboxylic acids is 1. The second kappa shape index (κ2) is 3.29. The Morgan fingerprint density at radius 1 is 1.64 bits per heavy atom. The molecule has 2 aliphatic rings. The van der Waals surface area contributed by atoms with E-state index in [2.05, 4.69) is 5.92 Å². The first kappa shape index (κ1) is 9.54. The summed E-state index contributed by atoms with van der Waals surface area (Å²) in [5.74, 6) is 1.78. The smallest absolute Gasteiger partial charge is 0.312 e. The van der Waals surface area contributed by atoms with Crippen LogP contribution in [0.5, 0.6) is 0 Å². The predicted octanol–water partition coefficient (Wildman–Crippen LogP) is 1.42. The number of fused-ring (bicyclic) bond motifs is 2. The highest BCUT2D eigenvalue weighted by Gasteiger charge is 2.56. The van der Waals surface area contributed by atoms with Gasteiger partial charge in [0.2, 0.25) is 0 Å². The molecule has 1 N–H and O–H groups in total. The van der Waals surface area contributed by atoms with Gasteiger partial charge in [-0.1, -0.05) is 0 Å². The van der Waals surface area contributed by atoms with Crippen molar-refractivity contribution in [1.29, 1.82) is 0 Å². The largest absolute Gasteiger partial charge is 0.481 e. The number of ether oxygens (including phenoxy) is 1. The normalized spacial score (nSPS) is 39.6. The van der Waals surface area contributed by atoms with E-state index in [4.69, 9.17) is 11.2 Å². The van der Waals surface area contributed by atoms with Crippen molar-refractivity contribution in [2.24, 2.45) is 5.41 Å². The number of carboxylic acid groups (broad SMARTS) is 1. The van der Waals surface area contributed by atoms with Crippen molar-refractivity contribution in [3.63, 3.8) is 0 Å². The van der Waals surface area contributed by atoms with Gasteiger partial charge in [-0.15, -0.1) is 12.3 Å². The van der Waals surface area contributed by atoms with E-state index in [0.29, 0.717) is 19.3 Å². The summed E-state index contributed by atoms with van der Waals surface area (Å²) in [6.07, 6.45) is 8.86. The van der Waals surface area contributed by atoms with E-state index in [9.17, 15) is 9.90 Å². The van der Waals surface area contributed by atoms with Gasteiger partial charge in [0.25, 0.3) is 0 Å². The van der Waals surface area contributed by atoms with Gasteiger partial charge in [-0.2, -0.15) is 0 Å². The number of carbonyl (C=O) groups is 1. The molecule has 0 radical (unpaired) electrons. The Hall–Kier alpha value is -1.01. The van der Waals surface area contributed by atoms with E-state index in [0.717, 1.165) is 12.8 Å². The monoisotopic (exact) mass is 194 g/mol. The second-order valence-corrected chi connectivity index (χ2v) is 4.19. The van der Waals surface area contributed by atoms with Crippen LogP contribution in [0.1, 0.15) is 32.1 Å². The summed E-state index contributed by atoms with van der Waals surface area (Å²) in [5, 5.41) is 9.26. The minimum absolute atomic E-state index is 0.0988. The summed E-state index contributed by atoms with van der Waals surface area (Å²) in [6, 6.07) is 0. The van der Waals surface area contributed by atoms with Crippen molar-refractivity contribution in [2.75, 3.05) is 0 Å². The first-order chi connectivity index (χ1) is 6.69. The Bertz CT molecular complexity index is 291. The first-order valence-electron chi connectivity index (χ1n) is 5.01. The Morgan fingerprint density at radius 2 is 2.43 bits per heavy atom. The third kappa shape index (κ3) is 1.22. The van der Waals surface area contributed by atoms with Crippen molar-refractivity contribution >= 4 is 5.97 Å². The van der Waals surface area contributed by atoms with Gasteiger partial charge in [0, 0.05) is 6.42 Å². The average Bonchev–Trinajstić information content (AvgIpc) is 2.74. The molecule has 2 fully saturated rings. The van der Waals surface area contributed by atoms with Crippen molar-refractivity contribution < 1.29 is 14.6 Å². The number of rotatable bonds is 3. The summed E-state index contributed by atoms with van der Waals surface area (Å²) in [6.45, 7) is 0. The molecular formula is C11H14O3. The molecule has 0 spiro atoms. The maximum Gasteiger partial charge on any atom is 0.312 e. The molecule has 3 heteroatoms. The molecule has 3 atom stereocenters. The third-order valence-corrected chi connectivity index (χ3v) is 3.46. The Morgan fingerprint density at radius 3 is 2.86 bits per heavy atom. The van der Waals surface area contributed by atoms with E-state index < -0.39 is 11.4 Å². The molecule has 2 heterocycles. The van der Waals surface area contributed by atoms with Gasteiger partial charge in [-0.05, 0) is 25.7 Å². The highest BCUT2D eigenvalue weighted by molar-refractivity contribution is 5.76. The molecule has 0 aliphatic carbocycles. The fraction of sp³-hybridized carbons (Fsp3) is 0.727. The second-order valence-electron chi connectivity index (χ2n) is 4.19. The molecule has 2 bridgehead atoms. The van der Waals surface area contributed by atoms with E-state index in [1.807, 2.05) is 0 Å². The third-order valence-electron chi connectivity index (χ3n) is 3.46. The number of hydrogen-bond donors (Lipinski definition) is 1. The minimum atomic E-state index is -0.736. The van der Waals surface area contributed by atoms with Crippen LogP contribution in [0.3, 0.4) is 0 Å². The minimum Gasteiger partial charge on any atom is -0.481 e. The number of carboxylic acids is 1. The topological polar surface area (TPSA) is 46.5 Å². The molecule has 0 amide bonds. The predicted molar refractivity (Wildman–Crippen MR) is 50.6 cm³/mol. The summed E-state index contributed by atoms with van der Waals surface area (Å²) in [4.78, 5) is 11.3. The lowest BCUT2D eigenvalue weighted by Crippen LogP contribution is -2.40. The zero-order valence-electron chi connectivity index (χ0n) is 8.03. The van der Waals surface area contributed by atoms with Crippen LogP contribution in [0.25, 0.3) is 0 Å². The molecule has 0 aromatic heterocycles. The molecule has 2 saturated heterocycles. The van der Waals surface area contributed by atoms with Crippen LogP contribution in [-0.2, 0) is 9.53 Å². The van der Waals surface area contributed by atoms with Gasteiger partial charge in [0.1, 0.15) is 0 Å². The zero-order chi connectivity index (χ0) is 10.2. The Kier molecular flexibility index (Phi) is 2.24. The molecule has 3 unspecified atom stereocenters. The lowest BCUT2D eigenvalue weighted by molar-refractivity contribution is -0.152. The van der Waals surface area contributed by atoms with Crippen LogP contribution in [0.15, 0.2) is 0 Å². The SMILES string of the molecule is C#CCCC1(C(=O)O)CC2CCC1O2. The van der Waals surface area contributed by atoms with Crippen LogP contribution < -0.4 is 0 Å². The molecule has 0 saturated carbocycles. The standard InChI is InChI=1S/C11H14O3/c1-2-3-6-11(10(12)13)7-8-4-5-9(11)14-8/h1,8-9H,3-7H2,(H,12,13). The van der Waals surface area contributed by atoms with Crippen molar-refractivity contribution in [2.45, 2.75) is 44.3 Å². The Labute approximate surface area is 83.4 Å². The summed E-state index contributed by atoms with van der Waals surface area (Å²) in [7, 11) is 0. The lowest BCUT2D eigenvalue weighted by Gasteiger charge is -2.30. The highest BCUT2D eigenvalue weighted by atomic mass is 16.5. The molecule has 2 aliphatic heterocycles. The molecular weight excluding hydrogens is 180 g/mol.